The van der Waals surface area contributed by atoms with E-state index in [1.54, 1.807) is 18.2 Å². The molecule has 0 spiro atoms. The summed E-state index contributed by atoms with van der Waals surface area (Å²) in [4.78, 5) is 22.6. The highest BCUT2D eigenvalue weighted by atomic mass is 16.2. The molecule has 0 saturated carbocycles. The van der Waals surface area contributed by atoms with Crippen LogP contribution in [-0.2, 0) is 0 Å². The lowest BCUT2D eigenvalue weighted by atomic mass is 10.2. The maximum absolute atomic E-state index is 11.6. The van der Waals surface area contributed by atoms with Crippen LogP contribution < -0.4 is 11.1 Å². The summed E-state index contributed by atoms with van der Waals surface area (Å²) in [6.07, 6.45) is 1.30. The van der Waals surface area contributed by atoms with Crippen LogP contribution in [0.25, 0.3) is 0 Å². The van der Waals surface area contributed by atoms with Crippen LogP contribution in [0.15, 0.2) is 30.5 Å². The van der Waals surface area contributed by atoms with Crippen molar-refractivity contribution in [3.05, 3.63) is 41.7 Å². The first-order valence-corrected chi connectivity index (χ1v) is 4.74. The predicted octanol–water partition coefficient (Wildman–Crippen LogP) is 0.156. The second kappa shape index (κ2) is 4.44. The molecule has 0 aliphatic heterocycles. The SMILES string of the molecule is NC(=O)c1cccc(NC(=O)c2cn[nH]n2)c1. The Kier molecular flexibility index (Phi) is 2.82. The Balaban J connectivity index is 2.16. The van der Waals surface area contributed by atoms with Gasteiger partial charge in [-0.05, 0) is 18.2 Å². The highest BCUT2D eigenvalue weighted by molar-refractivity contribution is 6.03. The number of nitrogens with one attached hydrogen (secondary N) is 2. The van der Waals surface area contributed by atoms with Crippen molar-refractivity contribution in [2.75, 3.05) is 5.32 Å². The van der Waals surface area contributed by atoms with Gasteiger partial charge in [0, 0.05) is 11.3 Å². The zero-order valence-corrected chi connectivity index (χ0v) is 8.68. The van der Waals surface area contributed by atoms with Gasteiger partial charge >= 0.3 is 0 Å². The number of amides is 2. The van der Waals surface area contributed by atoms with E-state index in [1.807, 2.05) is 0 Å². The number of carbonyl (C=O) groups excluding carboxylic acids is 2. The number of hydrogen-bond donors (Lipinski definition) is 3. The van der Waals surface area contributed by atoms with Gasteiger partial charge in [0.25, 0.3) is 5.91 Å². The summed E-state index contributed by atoms with van der Waals surface area (Å²) in [5.41, 5.74) is 6.08. The van der Waals surface area contributed by atoms with Gasteiger partial charge in [0.2, 0.25) is 5.91 Å². The molecular weight excluding hydrogens is 222 g/mol. The number of aromatic nitrogens is 3. The van der Waals surface area contributed by atoms with E-state index < -0.39 is 11.8 Å². The van der Waals surface area contributed by atoms with Crippen molar-refractivity contribution >= 4 is 17.5 Å². The highest BCUT2D eigenvalue weighted by Gasteiger charge is 2.09. The first-order chi connectivity index (χ1) is 8.16. The van der Waals surface area contributed by atoms with Crippen LogP contribution in [0.3, 0.4) is 0 Å². The van der Waals surface area contributed by atoms with E-state index in [9.17, 15) is 9.59 Å². The Morgan fingerprint density at radius 2 is 2.18 bits per heavy atom. The van der Waals surface area contributed by atoms with Gasteiger partial charge in [0.05, 0.1) is 6.20 Å². The Morgan fingerprint density at radius 3 is 2.82 bits per heavy atom. The van der Waals surface area contributed by atoms with Crippen LogP contribution in [-0.4, -0.2) is 27.2 Å². The summed E-state index contributed by atoms with van der Waals surface area (Å²) in [7, 11) is 0. The maximum atomic E-state index is 11.6. The summed E-state index contributed by atoms with van der Waals surface area (Å²) in [6.45, 7) is 0. The number of benzene rings is 1. The van der Waals surface area contributed by atoms with Gasteiger partial charge in [0.15, 0.2) is 5.69 Å². The van der Waals surface area contributed by atoms with Crippen molar-refractivity contribution < 1.29 is 9.59 Å². The molecule has 0 aliphatic carbocycles. The number of aromatic amines is 1. The summed E-state index contributed by atoms with van der Waals surface area (Å²) in [5, 5.41) is 12.1. The molecular formula is C10H9N5O2. The Morgan fingerprint density at radius 1 is 1.35 bits per heavy atom. The van der Waals surface area contributed by atoms with Crippen LogP contribution in [0.1, 0.15) is 20.8 Å². The molecule has 4 N–H and O–H groups in total. The fraction of sp³-hybridized carbons (Fsp3) is 0. The number of nitrogens with zero attached hydrogens (tertiary/aromatic N) is 2. The van der Waals surface area contributed by atoms with Gasteiger partial charge in [0.1, 0.15) is 0 Å². The third kappa shape index (κ3) is 2.46. The summed E-state index contributed by atoms with van der Waals surface area (Å²) >= 11 is 0. The van der Waals surface area contributed by atoms with Crippen molar-refractivity contribution in [2.24, 2.45) is 5.73 Å². The van der Waals surface area contributed by atoms with E-state index in [0.717, 1.165) is 0 Å². The summed E-state index contributed by atoms with van der Waals surface area (Å²) in [5.74, 6) is -0.970. The summed E-state index contributed by atoms with van der Waals surface area (Å²) in [6, 6.07) is 6.32. The van der Waals surface area contributed by atoms with E-state index in [4.69, 9.17) is 5.73 Å². The summed E-state index contributed by atoms with van der Waals surface area (Å²) < 4.78 is 0. The molecule has 0 radical (unpaired) electrons. The predicted molar refractivity (Wildman–Crippen MR) is 59.3 cm³/mol. The van der Waals surface area contributed by atoms with Gasteiger partial charge < -0.3 is 11.1 Å². The number of anilines is 1. The first-order valence-electron chi connectivity index (χ1n) is 4.74. The van der Waals surface area contributed by atoms with Crippen LogP contribution >= 0.6 is 0 Å². The van der Waals surface area contributed by atoms with E-state index in [-0.39, 0.29) is 5.69 Å². The lowest BCUT2D eigenvalue weighted by Crippen LogP contribution is -2.14. The third-order valence-electron chi connectivity index (χ3n) is 2.05. The molecule has 1 aromatic carbocycles. The number of rotatable bonds is 3. The lowest BCUT2D eigenvalue weighted by Gasteiger charge is -2.03. The molecule has 0 aliphatic rings. The largest absolute Gasteiger partial charge is 0.366 e. The molecule has 2 rings (SSSR count). The number of hydrogen-bond acceptors (Lipinski definition) is 4. The Hall–Kier alpha value is -2.70. The average molecular weight is 231 g/mol. The Labute approximate surface area is 96.0 Å². The highest BCUT2D eigenvalue weighted by Crippen LogP contribution is 2.11. The molecule has 0 atom stereocenters. The monoisotopic (exact) mass is 231 g/mol. The molecule has 2 amide bonds. The minimum Gasteiger partial charge on any atom is -0.366 e. The van der Waals surface area contributed by atoms with Gasteiger partial charge in [-0.3, -0.25) is 9.59 Å². The molecule has 1 aromatic heterocycles. The number of carbonyl (C=O) groups is 2. The smallest absolute Gasteiger partial charge is 0.277 e. The van der Waals surface area contributed by atoms with Crippen molar-refractivity contribution in [2.45, 2.75) is 0 Å². The number of H-pyrrole nitrogens is 1. The van der Waals surface area contributed by atoms with Crippen LogP contribution in [0.4, 0.5) is 5.69 Å². The van der Waals surface area contributed by atoms with Gasteiger partial charge in [-0.1, -0.05) is 6.07 Å². The van der Waals surface area contributed by atoms with Crippen molar-refractivity contribution in [1.82, 2.24) is 15.4 Å². The van der Waals surface area contributed by atoms with E-state index in [2.05, 4.69) is 20.7 Å². The topological polar surface area (TPSA) is 114 Å². The molecule has 2 aromatic rings. The minimum absolute atomic E-state index is 0.162. The van der Waals surface area contributed by atoms with Gasteiger partial charge in [-0.25, -0.2) is 0 Å². The first kappa shape index (κ1) is 10.8. The molecule has 0 unspecified atom stereocenters. The fourth-order valence-electron chi connectivity index (χ4n) is 1.26. The second-order valence-electron chi connectivity index (χ2n) is 3.25. The number of primary amides is 1. The molecule has 0 bridgehead atoms. The molecule has 7 heteroatoms. The van der Waals surface area contributed by atoms with Crippen molar-refractivity contribution in [1.29, 1.82) is 0 Å². The third-order valence-corrected chi connectivity index (χ3v) is 2.05. The van der Waals surface area contributed by atoms with Gasteiger partial charge in [-0.2, -0.15) is 15.4 Å². The molecule has 86 valence electrons. The van der Waals surface area contributed by atoms with E-state index >= 15 is 0 Å². The quantitative estimate of drug-likeness (QED) is 0.697. The van der Waals surface area contributed by atoms with Crippen LogP contribution in [0.5, 0.6) is 0 Å². The lowest BCUT2D eigenvalue weighted by molar-refractivity contribution is 0.0995. The van der Waals surface area contributed by atoms with Crippen molar-refractivity contribution in [3.8, 4) is 0 Å². The molecule has 0 saturated heterocycles. The van der Waals surface area contributed by atoms with Crippen molar-refractivity contribution in [3.63, 3.8) is 0 Å². The zero-order valence-electron chi connectivity index (χ0n) is 8.68. The Bertz CT molecular complexity index is 550. The van der Waals surface area contributed by atoms with Gasteiger partial charge in [-0.15, -0.1) is 0 Å². The van der Waals surface area contributed by atoms with Crippen LogP contribution in [0, 0.1) is 0 Å². The molecule has 1 heterocycles. The molecule has 17 heavy (non-hydrogen) atoms. The standard InChI is InChI=1S/C10H9N5O2/c11-9(16)6-2-1-3-7(4-6)13-10(17)8-5-12-15-14-8/h1-5H,(H2,11,16)(H,13,17)(H,12,14,15). The van der Waals surface area contributed by atoms with Crippen LogP contribution in [0.2, 0.25) is 0 Å². The van der Waals surface area contributed by atoms with E-state index in [0.29, 0.717) is 11.3 Å². The maximum Gasteiger partial charge on any atom is 0.277 e. The zero-order chi connectivity index (χ0) is 12.3. The fourth-order valence-corrected chi connectivity index (χ4v) is 1.26. The molecule has 7 nitrogen and oxygen atoms in total. The average Bonchev–Trinajstić information content (AvgIpc) is 2.82. The van der Waals surface area contributed by atoms with E-state index in [1.165, 1.54) is 12.3 Å². The number of nitrogens with two attached hydrogens (primary N) is 1. The minimum atomic E-state index is -0.553. The normalized spacial score (nSPS) is 9.88. The molecule has 0 fully saturated rings. The second-order valence-corrected chi connectivity index (χ2v) is 3.25.